The zero-order valence-electron chi connectivity index (χ0n) is 20.3. The molecule has 11 nitrogen and oxygen atoms in total. The van der Waals surface area contributed by atoms with Gasteiger partial charge in [0.1, 0.15) is 30.9 Å². The molecule has 12 heteroatoms. The van der Waals surface area contributed by atoms with Crippen molar-refractivity contribution >= 4 is 36.1 Å². The first-order chi connectivity index (χ1) is 15.1. The lowest BCUT2D eigenvalue weighted by Gasteiger charge is -2.24. The number of hydrogen-bond donors (Lipinski definition) is 1. The number of rotatable bonds is 9. The molecule has 0 aliphatic rings. The van der Waals surface area contributed by atoms with Gasteiger partial charge in [-0.2, -0.15) is 0 Å². The van der Waals surface area contributed by atoms with Gasteiger partial charge in [-0.3, -0.25) is 9.59 Å². The fourth-order valence-electron chi connectivity index (χ4n) is 2.52. The monoisotopic (exact) mass is 483 g/mol. The molecule has 2 aromatic heterocycles. The highest BCUT2D eigenvalue weighted by atomic mass is 31.2. The van der Waals surface area contributed by atoms with Crippen molar-refractivity contribution in [1.29, 1.82) is 0 Å². The van der Waals surface area contributed by atoms with E-state index in [-0.39, 0.29) is 24.9 Å². The molecule has 0 fully saturated rings. The lowest BCUT2D eigenvalue weighted by atomic mass is 9.98. The van der Waals surface area contributed by atoms with Crippen LogP contribution in [0.2, 0.25) is 0 Å². The second-order valence-corrected chi connectivity index (χ2v) is 13.0. The maximum Gasteiger partial charge on any atom is 0.311 e. The summed E-state index contributed by atoms with van der Waals surface area (Å²) in [5.41, 5.74) is 5.34. The van der Waals surface area contributed by atoms with Crippen LogP contribution in [0.25, 0.3) is 11.2 Å². The number of ether oxygens (including phenoxy) is 3. The molecule has 1 atom stereocenters. The van der Waals surface area contributed by atoms with Gasteiger partial charge in [0.15, 0.2) is 18.6 Å². The number of esters is 2. The van der Waals surface area contributed by atoms with Crippen LogP contribution in [0.4, 0.5) is 5.82 Å². The predicted octanol–water partition coefficient (Wildman–Crippen LogP) is 3.23. The number of anilines is 1. The third-order valence-electron chi connectivity index (χ3n) is 4.56. The van der Waals surface area contributed by atoms with Gasteiger partial charge in [0.2, 0.25) is 0 Å². The van der Waals surface area contributed by atoms with Crippen molar-refractivity contribution in [3.05, 3.63) is 12.7 Å². The van der Waals surface area contributed by atoms with Crippen molar-refractivity contribution in [3.63, 3.8) is 0 Å². The highest BCUT2D eigenvalue weighted by molar-refractivity contribution is 7.63. The highest BCUT2D eigenvalue weighted by Gasteiger charge is 2.33. The summed E-state index contributed by atoms with van der Waals surface area (Å²) in [6.07, 6.45) is 1.53. The number of carbonyl (C=O) groups excluding carboxylic acids is 2. The minimum absolute atomic E-state index is 0.229. The minimum atomic E-state index is -3.34. The first kappa shape index (κ1) is 26.7. The lowest BCUT2D eigenvalue weighted by Crippen LogP contribution is -2.27. The number of hydrogen-bond acceptors (Lipinski definition) is 10. The van der Waals surface area contributed by atoms with E-state index < -0.39 is 36.0 Å². The number of aromatic nitrogens is 4. The minimum Gasteiger partial charge on any atom is -0.457 e. The second-order valence-electron chi connectivity index (χ2n) is 10.1. The standard InChI is InChI=1S/C21H34N5O6P/c1-14(8-26-10-25-15-16(22)23-9-24-17(15)26)30-11-33(29,12-31-18(27)20(2,3)4)13-32-19(28)21(5,6)7/h9-10,14H,8,11-13H2,1-7H3,(H2,22,23,24)/t14-/m1/s1. The molecule has 2 N–H and O–H groups in total. The van der Waals surface area contributed by atoms with Gasteiger partial charge in [0.05, 0.1) is 29.8 Å². The maximum atomic E-state index is 13.5. The molecule has 0 spiro atoms. The summed E-state index contributed by atoms with van der Waals surface area (Å²) in [5, 5.41) is 0. The Kier molecular flexibility index (Phi) is 8.24. The van der Waals surface area contributed by atoms with Crippen LogP contribution >= 0.6 is 7.14 Å². The zero-order valence-corrected chi connectivity index (χ0v) is 21.2. The van der Waals surface area contributed by atoms with Gasteiger partial charge in [0.25, 0.3) is 0 Å². The van der Waals surface area contributed by atoms with Gasteiger partial charge in [-0.1, -0.05) is 0 Å². The van der Waals surface area contributed by atoms with Gasteiger partial charge >= 0.3 is 11.9 Å². The first-order valence-electron chi connectivity index (χ1n) is 10.6. The van der Waals surface area contributed by atoms with Gasteiger partial charge in [-0.05, 0) is 48.5 Å². The molecule has 0 aromatic carbocycles. The summed E-state index contributed by atoms with van der Waals surface area (Å²) in [4.78, 5) is 36.7. The topological polar surface area (TPSA) is 149 Å². The van der Waals surface area contributed by atoms with Crippen LogP contribution in [0.1, 0.15) is 48.5 Å². The molecule has 184 valence electrons. The molecule has 0 amide bonds. The fourth-order valence-corrected chi connectivity index (χ4v) is 3.98. The van der Waals surface area contributed by atoms with E-state index in [1.54, 1.807) is 59.4 Å². The van der Waals surface area contributed by atoms with Crippen LogP contribution in [0.15, 0.2) is 12.7 Å². The molecular weight excluding hydrogens is 449 g/mol. The summed E-state index contributed by atoms with van der Waals surface area (Å²) >= 11 is 0. The van der Waals surface area contributed by atoms with E-state index in [0.717, 1.165) is 0 Å². The lowest BCUT2D eigenvalue weighted by molar-refractivity contribution is -0.151. The first-order valence-corrected chi connectivity index (χ1v) is 12.8. The third kappa shape index (κ3) is 7.50. The molecule has 0 saturated heterocycles. The summed E-state index contributed by atoms with van der Waals surface area (Å²) in [6, 6.07) is 0. The molecule has 0 unspecified atom stereocenters. The average Bonchev–Trinajstić information content (AvgIpc) is 3.11. The van der Waals surface area contributed by atoms with E-state index in [1.807, 2.05) is 0 Å². The molecule has 0 aliphatic carbocycles. The SMILES string of the molecule is C[C@H](Cn1cnc2c(N)ncnc21)OCP(=O)(COC(=O)C(C)(C)C)COC(=O)C(C)(C)C. The molecule has 2 heterocycles. The second kappa shape index (κ2) is 10.2. The number of nitrogens with zero attached hydrogens (tertiary/aromatic N) is 4. The summed E-state index contributed by atoms with van der Waals surface area (Å²) in [7, 11) is -3.34. The number of fused-ring (bicyclic) bond motifs is 1. The van der Waals surface area contributed by atoms with Crippen molar-refractivity contribution in [2.24, 2.45) is 10.8 Å². The number of nitrogens with two attached hydrogens (primary N) is 1. The molecule has 2 aromatic rings. The van der Waals surface area contributed by atoms with Crippen LogP contribution in [-0.4, -0.2) is 56.6 Å². The third-order valence-corrected chi connectivity index (χ3v) is 6.38. The van der Waals surface area contributed by atoms with E-state index in [2.05, 4.69) is 15.0 Å². The Bertz CT molecular complexity index is 1010. The molecule has 0 radical (unpaired) electrons. The van der Waals surface area contributed by atoms with E-state index >= 15 is 0 Å². The maximum absolute atomic E-state index is 13.5. The highest BCUT2D eigenvalue weighted by Crippen LogP contribution is 2.46. The summed E-state index contributed by atoms with van der Waals surface area (Å²) in [6.45, 7) is 12.3. The number of carbonyl (C=O) groups is 2. The van der Waals surface area contributed by atoms with Gasteiger partial charge in [0, 0.05) is 0 Å². The Balaban J connectivity index is 2.07. The van der Waals surface area contributed by atoms with Crippen molar-refractivity contribution in [3.8, 4) is 0 Å². The zero-order chi connectivity index (χ0) is 25.0. The molecule has 0 aliphatic heterocycles. The molecule has 2 rings (SSSR count). The Labute approximate surface area is 193 Å². The largest absolute Gasteiger partial charge is 0.457 e. The van der Waals surface area contributed by atoms with Crippen LogP contribution in [-0.2, 0) is 34.9 Å². The fraction of sp³-hybridized carbons (Fsp3) is 0.667. The molecular formula is C21H34N5O6P. The van der Waals surface area contributed by atoms with Crippen molar-refractivity contribution in [2.45, 2.75) is 61.1 Å². The van der Waals surface area contributed by atoms with Crippen molar-refractivity contribution in [2.75, 3.05) is 24.8 Å². The normalized spacial score (nSPS) is 13.7. The Morgan fingerprint density at radius 2 is 1.55 bits per heavy atom. The smallest absolute Gasteiger partial charge is 0.311 e. The molecule has 0 saturated carbocycles. The predicted molar refractivity (Wildman–Crippen MR) is 124 cm³/mol. The summed E-state index contributed by atoms with van der Waals surface area (Å²) in [5.74, 6) is -0.724. The van der Waals surface area contributed by atoms with Gasteiger partial charge < -0.3 is 29.1 Å². The van der Waals surface area contributed by atoms with Gasteiger partial charge in [-0.25, -0.2) is 15.0 Å². The molecule has 33 heavy (non-hydrogen) atoms. The van der Waals surface area contributed by atoms with Crippen LogP contribution in [0.3, 0.4) is 0 Å². The van der Waals surface area contributed by atoms with Crippen LogP contribution in [0, 0.1) is 10.8 Å². The average molecular weight is 484 g/mol. The number of nitrogen functional groups attached to an aromatic ring is 1. The van der Waals surface area contributed by atoms with E-state index in [1.165, 1.54) is 6.33 Å². The quantitative estimate of drug-likeness (QED) is 0.416. The van der Waals surface area contributed by atoms with Gasteiger partial charge in [-0.15, -0.1) is 0 Å². The van der Waals surface area contributed by atoms with E-state index in [9.17, 15) is 14.2 Å². The Morgan fingerprint density at radius 3 is 2.06 bits per heavy atom. The van der Waals surface area contributed by atoms with E-state index in [4.69, 9.17) is 19.9 Å². The van der Waals surface area contributed by atoms with Crippen LogP contribution < -0.4 is 5.73 Å². The number of imidazole rings is 1. The molecule has 0 bridgehead atoms. The van der Waals surface area contributed by atoms with Crippen molar-refractivity contribution < 1.29 is 28.4 Å². The van der Waals surface area contributed by atoms with E-state index in [0.29, 0.717) is 17.7 Å². The van der Waals surface area contributed by atoms with Crippen LogP contribution in [0.5, 0.6) is 0 Å². The summed E-state index contributed by atoms with van der Waals surface area (Å²) < 4.78 is 31.6. The van der Waals surface area contributed by atoms with Crippen molar-refractivity contribution in [1.82, 2.24) is 19.5 Å². The Morgan fingerprint density at radius 1 is 1.00 bits per heavy atom. The Hall–Kier alpha value is -2.52.